The van der Waals surface area contributed by atoms with E-state index in [1.807, 2.05) is 25.3 Å². The molecule has 0 bridgehead atoms. The van der Waals surface area contributed by atoms with Crippen LogP contribution in [0.5, 0.6) is 0 Å². The van der Waals surface area contributed by atoms with Gasteiger partial charge in [0.25, 0.3) is 0 Å². The highest BCUT2D eigenvalue weighted by Crippen LogP contribution is 2.15. The van der Waals surface area contributed by atoms with Crippen LogP contribution in [0.3, 0.4) is 0 Å². The number of carbonyl (C=O) groups is 1. The number of piperidine rings is 1. The molecule has 1 aromatic rings. The summed E-state index contributed by atoms with van der Waals surface area (Å²) in [6, 6.07) is 4.08. The molecule has 1 aromatic heterocycles. The molecule has 1 amide bonds. The molecular weight excluding hydrogens is 262 g/mol. The molecule has 2 rings (SSSR count). The summed E-state index contributed by atoms with van der Waals surface area (Å²) in [5.74, 6) is 0.134. The number of likely N-dealkylation sites (tertiary alicyclic amines) is 1. The molecular formula is C17H27N3O. The van der Waals surface area contributed by atoms with Gasteiger partial charge in [0.2, 0.25) is 5.91 Å². The maximum absolute atomic E-state index is 12.1. The minimum Gasteiger partial charge on any atom is -0.348 e. The molecule has 0 spiro atoms. The quantitative estimate of drug-likeness (QED) is 0.876. The van der Waals surface area contributed by atoms with E-state index >= 15 is 0 Å². The number of aryl methyl sites for hydroxylation is 1. The van der Waals surface area contributed by atoms with Crippen LogP contribution in [0.4, 0.5) is 0 Å². The lowest BCUT2D eigenvalue weighted by atomic mass is 10.1. The maximum Gasteiger partial charge on any atom is 0.221 e. The number of hydrogen-bond donors (Lipinski definition) is 1. The molecule has 4 nitrogen and oxygen atoms in total. The van der Waals surface area contributed by atoms with Gasteiger partial charge >= 0.3 is 0 Å². The third-order valence-electron chi connectivity index (χ3n) is 4.14. The van der Waals surface area contributed by atoms with Gasteiger partial charge in [-0.05, 0) is 50.9 Å². The highest BCUT2D eigenvalue weighted by atomic mass is 16.1. The van der Waals surface area contributed by atoms with Crippen LogP contribution in [0, 0.1) is 6.92 Å². The van der Waals surface area contributed by atoms with E-state index in [0.717, 1.165) is 37.3 Å². The van der Waals surface area contributed by atoms with Crippen LogP contribution in [0.25, 0.3) is 0 Å². The minimum absolute atomic E-state index is 0.0273. The Morgan fingerprint density at radius 3 is 2.71 bits per heavy atom. The second-order valence-corrected chi connectivity index (χ2v) is 5.94. The highest BCUT2D eigenvalue weighted by Gasteiger charge is 2.16. The van der Waals surface area contributed by atoms with Gasteiger partial charge in [-0.3, -0.25) is 9.78 Å². The molecule has 21 heavy (non-hydrogen) atoms. The summed E-state index contributed by atoms with van der Waals surface area (Å²) in [6.45, 7) is 7.27. The zero-order valence-electron chi connectivity index (χ0n) is 13.3. The zero-order valence-corrected chi connectivity index (χ0v) is 13.3. The van der Waals surface area contributed by atoms with Crippen molar-refractivity contribution < 1.29 is 4.79 Å². The fourth-order valence-corrected chi connectivity index (χ4v) is 2.78. The van der Waals surface area contributed by atoms with Gasteiger partial charge in [0, 0.05) is 19.2 Å². The SMILES string of the molecule is CC[C@H](NC(=O)CCN1CCCCC1)c1ccc(C)cn1. The van der Waals surface area contributed by atoms with Crippen molar-refractivity contribution in [2.24, 2.45) is 0 Å². The number of nitrogens with zero attached hydrogens (tertiary/aromatic N) is 2. The Labute approximate surface area is 127 Å². The Hall–Kier alpha value is -1.42. The average molecular weight is 289 g/mol. The second kappa shape index (κ2) is 8.13. The topological polar surface area (TPSA) is 45.2 Å². The smallest absolute Gasteiger partial charge is 0.221 e. The fraction of sp³-hybridized carbons (Fsp3) is 0.647. The first kappa shape index (κ1) is 16.0. The Kier molecular flexibility index (Phi) is 6.18. The van der Waals surface area contributed by atoms with E-state index in [1.54, 1.807) is 0 Å². The lowest BCUT2D eigenvalue weighted by Crippen LogP contribution is -2.35. The van der Waals surface area contributed by atoms with Crippen LogP contribution in [-0.4, -0.2) is 35.4 Å². The number of amides is 1. The van der Waals surface area contributed by atoms with Crippen LogP contribution < -0.4 is 5.32 Å². The Balaban J connectivity index is 1.80. The molecule has 4 heteroatoms. The fourth-order valence-electron chi connectivity index (χ4n) is 2.78. The number of aromatic nitrogens is 1. The summed E-state index contributed by atoms with van der Waals surface area (Å²) in [7, 11) is 0. The minimum atomic E-state index is 0.0273. The number of rotatable bonds is 6. The number of nitrogens with one attached hydrogen (secondary N) is 1. The van der Waals surface area contributed by atoms with Gasteiger partial charge in [-0.25, -0.2) is 0 Å². The first-order valence-corrected chi connectivity index (χ1v) is 8.13. The van der Waals surface area contributed by atoms with Crippen LogP contribution in [0.1, 0.15) is 56.3 Å². The molecule has 1 fully saturated rings. The normalized spacial score (nSPS) is 17.4. The van der Waals surface area contributed by atoms with E-state index < -0.39 is 0 Å². The summed E-state index contributed by atoms with van der Waals surface area (Å²) in [6.07, 6.45) is 7.18. The van der Waals surface area contributed by atoms with E-state index in [4.69, 9.17) is 0 Å². The van der Waals surface area contributed by atoms with Gasteiger partial charge in [0.05, 0.1) is 11.7 Å². The molecule has 1 N–H and O–H groups in total. The summed E-state index contributed by atoms with van der Waals surface area (Å²) in [5, 5.41) is 3.11. The molecule has 1 saturated heterocycles. The molecule has 0 radical (unpaired) electrons. The van der Waals surface area contributed by atoms with Gasteiger partial charge in [-0.2, -0.15) is 0 Å². The van der Waals surface area contributed by atoms with Crippen molar-refractivity contribution in [1.82, 2.24) is 15.2 Å². The van der Waals surface area contributed by atoms with Crippen LogP contribution in [-0.2, 0) is 4.79 Å². The average Bonchev–Trinajstić information content (AvgIpc) is 2.52. The van der Waals surface area contributed by atoms with E-state index in [-0.39, 0.29) is 11.9 Å². The molecule has 0 unspecified atom stereocenters. The molecule has 0 aliphatic carbocycles. The van der Waals surface area contributed by atoms with E-state index in [2.05, 4.69) is 22.1 Å². The Morgan fingerprint density at radius 2 is 2.10 bits per heavy atom. The molecule has 2 heterocycles. The van der Waals surface area contributed by atoms with Gasteiger partial charge in [-0.15, -0.1) is 0 Å². The molecule has 1 atom stereocenters. The van der Waals surface area contributed by atoms with Crippen molar-refractivity contribution in [2.45, 2.75) is 52.0 Å². The van der Waals surface area contributed by atoms with E-state index in [1.165, 1.54) is 19.3 Å². The van der Waals surface area contributed by atoms with Gasteiger partial charge in [-0.1, -0.05) is 19.4 Å². The highest BCUT2D eigenvalue weighted by molar-refractivity contribution is 5.76. The Morgan fingerprint density at radius 1 is 1.33 bits per heavy atom. The third kappa shape index (κ3) is 5.12. The summed E-state index contributed by atoms with van der Waals surface area (Å²) < 4.78 is 0. The van der Waals surface area contributed by atoms with Crippen LogP contribution >= 0.6 is 0 Å². The van der Waals surface area contributed by atoms with Crippen LogP contribution in [0.15, 0.2) is 18.3 Å². The van der Waals surface area contributed by atoms with Crippen molar-refractivity contribution in [3.63, 3.8) is 0 Å². The van der Waals surface area contributed by atoms with E-state index in [0.29, 0.717) is 6.42 Å². The molecule has 0 aromatic carbocycles. The van der Waals surface area contributed by atoms with Crippen molar-refractivity contribution in [1.29, 1.82) is 0 Å². The second-order valence-electron chi connectivity index (χ2n) is 5.94. The number of pyridine rings is 1. The number of hydrogen-bond acceptors (Lipinski definition) is 3. The van der Waals surface area contributed by atoms with Crippen molar-refractivity contribution in [3.05, 3.63) is 29.6 Å². The van der Waals surface area contributed by atoms with E-state index in [9.17, 15) is 4.79 Å². The lowest BCUT2D eigenvalue weighted by molar-refractivity contribution is -0.122. The predicted octanol–water partition coefficient (Wildman–Crippen LogP) is 2.83. The first-order chi connectivity index (χ1) is 10.2. The summed E-state index contributed by atoms with van der Waals surface area (Å²) >= 11 is 0. The van der Waals surface area contributed by atoms with Gasteiger partial charge in [0.1, 0.15) is 0 Å². The largest absolute Gasteiger partial charge is 0.348 e. The molecule has 0 saturated carbocycles. The standard InChI is InChI=1S/C17H27N3O/c1-3-15(16-8-7-14(2)13-18-16)19-17(21)9-12-20-10-5-4-6-11-20/h7-8,13,15H,3-6,9-12H2,1-2H3,(H,19,21)/t15-/m0/s1. The Bertz CT molecular complexity index is 438. The summed E-state index contributed by atoms with van der Waals surface area (Å²) in [4.78, 5) is 19.0. The maximum atomic E-state index is 12.1. The third-order valence-corrected chi connectivity index (χ3v) is 4.14. The van der Waals surface area contributed by atoms with Crippen LogP contribution in [0.2, 0.25) is 0 Å². The number of carbonyl (C=O) groups excluding carboxylic acids is 1. The monoisotopic (exact) mass is 289 g/mol. The summed E-state index contributed by atoms with van der Waals surface area (Å²) in [5.41, 5.74) is 2.10. The molecule has 1 aliphatic heterocycles. The van der Waals surface area contributed by atoms with Crippen molar-refractivity contribution in [2.75, 3.05) is 19.6 Å². The molecule has 1 aliphatic rings. The van der Waals surface area contributed by atoms with Gasteiger partial charge in [0.15, 0.2) is 0 Å². The lowest BCUT2D eigenvalue weighted by Gasteiger charge is -2.26. The zero-order chi connectivity index (χ0) is 15.1. The molecule has 116 valence electrons. The predicted molar refractivity (Wildman–Crippen MR) is 85.1 cm³/mol. The van der Waals surface area contributed by atoms with Gasteiger partial charge < -0.3 is 10.2 Å². The first-order valence-electron chi connectivity index (χ1n) is 8.13. The van der Waals surface area contributed by atoms with Crippen molar-refractivity contribution >= 4 is 5.91 Å². The van der Waals surface area contributed by atoms with Crippen molar-refractivity contribution in [3.8, 4) is 0 Å².